The van der Waals surface area contributed by atoms with Crippen LogP contribution in [0.5, 0.6) is 0 Å². The third-order valence-corrected chi connectivity index (χ3v) is 8.83. The van der Waals surface area contributed by atoms with Crippen molar-refractivity contribution in [3.63, 3.8) is 0 Å². The van der Waals surface area contributed by atoms with Gasteiger partial charge in [0.05, 0.1) is 5.92 Å². The van der Waals surface area contributed by atoms with Crippen molar-refractivity contribution in [2.24, 2.45) is 5.92 Å². The molecule has 0 amide bonds. The smallest absolute Gasteiger partial charge is 0.308 e. The fraction of sp³-hybridized carbons (Fsp3) is 0.296. The molecule has 168 valence electrons. The van der Waals surface area contributed by atoms with E-state index in [1.54, 1.807) is 23.5 Å². The molecule has 3 aromatic rings. The van der Waals surface area contributed by atoms with Gasteiger partial charge in [0.2, 0.25) is 0 Å². The molecule has 0 radical (unpaired) electrons. The van der Waals surface area contributed by atoms with Gasteiger partial charge in [0.1, 0.15) is 0 Å². The minimum atomic E-state index is -0.677. The Morgan fingerprint density at radius 3 is 1.66 bits per heavy atom. The molecule has 0 aliphatic heterocycles. The normalized spacial score (nSPS) is 12.9. The molecule has 5 heteroatoms. The summed E-state index contributed by atoms with van der Waals surface area (Å²) < 4.78 is 0. The van der Waals surface area contributed by atoms with Gasteiger partial charge in [-0.05, 0) is 28.9 Å². The van der Waals surface area contributed by atoms with Crippen molar-refractivity contribution in [1.82, 2.24) is 0 Å². The van der Waals surface area contributed by atoms with Gasteiger partial charge < -0.3 is 5.11 Å². The van der Waals surface area contributed by atoms with Gasteiger partial charge in [-0.1, -0.05) is 91.0 Å². The van der Waals surface area contributed by atoms with E-state index in [9.17, 15) is 9.90 Å². The topological polar surface area (TPSA) is 37.3 Å². The molecule has 0 aromatic heterocycles. The van der Waals surface area contributed by atoms with Crippen LogP contribution in [0.4, 0.5) is 0 Å². The molecule has 0 spiro atoms. The Balaban J connectivity index is 1.57. The van der Waals surface area contributed by atoms with Crippen molar-refractivity contribution < 1.29 is 9.90 Å². The zero-order valence-corrected chi connectivity index (χ0v) is 20.6. The lowest BCUT2D eigenvalue weighted by Gasteiger charge is -2.24. The third-order valence-electron chi connectivity index (χ3n) is 5.14. The van der Waals surface area contributed by atoms with Gasteiger partial charge in [-0.25, -0.2) is 0 Å². The molecule has 2 unspecified atom stereocenters. The minimum Gasteiger partial charge on any atom is -0.481 e. The minimum absolute atomic E-state index is 0.0965. The molecule has 32 heavy (non-hydrogen) atoms. The van der Waals surface area contributed by atoms with Crippen molar-refractivity contribution in [2.45, 2.75) is 28.9 Å². The summed E-state index contributed by atoms with van der Waals surface area (Å²) in [4.78, 5) is 12.2. The highest BCUT2D eigenvalue weighted by Crippen LogP contribution is 2.31. The largest absolute Gasteiger partial charge is 0.481 e. The van der Waals surface area contributed by atoms with E-state index >= 15 is 0 Å². The highest BCUT2D eigenvalue weighted by Gasteiger charge is 2.28. The molecule has 2 nitrogen and oxygen atoms in total. The molecule has 0 fully saturated rings. The maximum atomic E-state index is 12.2. The SMILES string of the molecule is O=C(O)C(CSCc1ccccc1)C(CCSCc1ccccc1)SCc1ccccc1. The highest BCUT2D eigenvalue weighted by molar-refractivity contribution is 8.00. The predicted octanol–water partition coefficient (Wildman–Crippen LogP) is 7.25. The van der Waals surface area contributed by atoms with Crippen LogP contribution in [-0.2, 0) is 22.1 Å². The number of rotatable bonds is 14. The Morgan fingerprint density at radius 1 is 0.688 bits per heavy atom. The van der Waals surface area contributed by atoms with Crippen molar-refractivity contribution in [3.05, 3.63) is 108 Å². The first-order valence-corrected chi connectivity index (χ1v) is 14.2. The second kappa shape index (κ2) is 14.4. The quantitative estimate of drug-likeness (QED) is 0.245. The van der Waals surface area contributed by atoms with Crippen LogP contribution in [0.25, 0.3) is 0 Å². The van der Waals surface area contributed by atoms with Gasteiger partial charge in [-0.3, -0.25) is 4.79 Å². The van der Waals surface area contributed by atoms with Crippen LogP contribution in [0.15, 0.2) is 91.0 Å². The number of aliphatic carboxylic acids is 1. The first kappa shape index (κ1) is 24.8. The van der Waals surface area contributed by atoms with Crippen molar-refractivity contribution in [1.29, 1.82) is 0 Å². The number of thioether (sulfide) groups is 3. The summed E-state index contributed by atoms with van der Waals surface area (Å²) in [5.41, 5.74) is 3.81. The Kier molecular flexibility index (Phi) is 11.1. The molecule has 3 aromatic carbocycles. The molecule has 0 heterocycles. The maximum Gasteiger partial charge on any atom is 0.308 e. The molecule has 0 saturated carbocycles. The summed E-state index contributed by atoms with van der Waals surface area (Å²) in [5.74, 6) is 3.25. The van der Waals surface area contributed by atoms with Crippen molar-refractivity contribution in [2.75, 3.05) is 11.5 Å². The van der Waals surface area contributed by atoms with Crippen LogP contribution in [0, 0.1) is 5.92 Å². The average Bonchev–Trinajstić information content (AvgIpc) is 2.83. The standard InChI is InChI=1S/C27H30O2S3/c28-27(29)25(21-31-19-23-12-6-2-7-13-23)26(32-20-24-14-8-3-9-15-24)16-17-30-18-22-10-4-1-5-11-22/h1-15,25-26H,16-21H2,(H,28,29). The number of carboxylic acids is 1. The Bertz CT molecular complexity index is 904. The fourth-order valence-corrected chi connectivity index (χ4v) is 7.12. The lowest BCUT2D eigenvalue weighted by Crippen LogP contribution is -2.29. The molecule has 2 atom stereocenters. The van der Waals surface area contributed by atoms with Gasteiger partial charge >= 0.3 is 5.97 Å². The number of benzene rings is 3. The van der Waals surface area contributed by atoms with E-state index in [2.05, 4.69) is 48.5 Å². The van der Waals surface area contributed by atoms with Crippen LogP contribution < -0.4 is 0 Å². The monoisotopic (exact) mass is 482 g/mol. The van der Waals surface area contributed by atoms with E-state index in [1.807, 2.05) is 54.2 Å². The van der Waals surface area contributed by atoms with E-state index in [-0.39, 0.29) is 11.2 Å². The van der Waals surface area contributed by atoms with E-state index in [4.69, 9.17) is 0 Å². The van der Waals surface area contributed by atoms with Crippen molar-refractivity contribution in [3.8, 4) is 0 Å². The molecule has 0 aliphatic rings. The van der Waals surface area contributed by atoms with Crippen LogP contribution >= 0.6 is 35.3 Å². The number of hydrogen-bond donors (Lipinski definition) is 1. The molecule has 0 bridgehead atoms. The van der Waals surface area contributed by atoms with Crippen LogP contribution in [0.2, 0.25) is 0 Å². The fourth-order valence-electron chi connectivity index (χ4n) is 3.36. The van der Waals surface area contributed by atoms with E-state index in [1.165, 1.54) is 16.7 Å². The van der Waals surface area contributed by atoms with E-state index in [0.717, 1.165) is 29.4 Å². The lowest BCUT2D eigenvalue weighted by molar-refractivity contribution is -0.140. The summed E-state index contributed by atoms with van der Waals surface area (Å²) >= 11 is 5.42. The zero-order chi connectivity index (χ0) is 22.4. The van der Waals surface area contributed by atoms with Crippen LogP contribution in [0.3, 0.4) is 0 Å². The van der Waals surface area contributed by atoms with Gasteiger partial charge in [-0.15, -0.1) is 0 Å². The van der Waals surface area contributed by atoms with E-state index in [0.29, 0.717) is 5.75 Å². The second-order valence-electron chi connectivity index (χ2n) is 7.61. The highest BCUT2D eigenvalue weighted by atomic mass is 32.2. The number of carboxylic acid groups (broad SMARTS) is 1. The summed E-state index contributed by atoms with van der Waals surface area (Å²) in [6, 6.07) is 31.1. The molecule has 0 saturated heterocycles. The predicted molar refractivity (Wildman–Crippen MR) is 142 cm³/mol. The Labute approximate surface area is 204 Å². The van der Waals surface area contributed by atoms with Gasteiger partial charge in [0.25, 0.3) is 0 Å². The van der Waals surface area contributed by atoms with Gasteiger partial charge in [-0.2, -0.15) is 35.3 Å². The lowest BCUT2D eigenvalue weighted by atomic mass is 10.1. The average molecular weight is 483 g/mol. The summed E-state index contributed by atoms with van der Waals surface area (Å²) in [5, 5.41) is 10.1. The number of carbonyl (C=O) groups is 1. The van der Waals surface area contributed by atoms with Crippen LogP contribution in [-0.4, -0.2) is 27.8 Å². The Morgan fingerprint density at radius 2 is 1.16 bits per heavy atom. The summed E-state index contributed by atoms with van der Waals surface area (Å²) in [7, 11) is 0. The van der Waals surface area contributed by atoms with Crippen LogP contribution in [0.1, 0.15) is 23.1 Å². The van der Waals surface area contributed by atoms with E-state index < -0.39 is 5.97 Å². The Hall–Kier alpha value is -1.82. The molecule has 1 N–H and O–H groups in total. The van der Waals surface area contributed by atoms with Gasteiger partial charge in [0, 0.05) is 28.3 Å². The maximum absolute atomic E-state index is 12.2. The zero-order valence-electron chi connectivity index (χ0n) is 18.1. The summed E-state index contributed by atoms with van der Waals surface area (Å²) in [6.45, 7) is 0. The number of hydrogen-bond acceptors (Lipinski definition) is 4. The molecular formula is C27H30O2S3. The summed E-state index contributed by atoms with van der Waals surface area (Å²) in [6.07, 6.45) is 0.901. The second-order valence-corrected chi connectivity index (χ2v) is 11.0. The molecular weight excluding hydrogens is 452 g/mol. The first-order valence-electron chi connectivity index (χ1n) is 10.8. The third kappa shape index (κ3) is 8.97. The molecule has 3 rings (SSSR count). The molecule has 0 aliphatic carbocycles. The first-order chi connectivity index (χ1) is 15.7. The van der Waals surface area contributed by atoms with Crippen molar-refractivity contribution >= 4 is 41.3 Å². The van der Waals surface area contributed by atoms with Gasteiger partial charge in [0.15, 0.2) is 0 Å².